The summed E-state index contributed by atoms with van der Waals surface area (Å²) in [5.74, 6) is -1.30. The molecule has 0 radical (unpaired) electrons. The van der Waals surface area contributed by atoms with Crippen LogP contribution in [0, 0.1) is 0 Å². The average molecular weight is 507 g/mol. The SMILES string of the molecule is O=C(O)c1ccc(Nc2nc(Nc3ccc(C(=O)O)cc3)nc(-[n+]3ccc(-c4ccncc4)cc3)n2)cc1. The Morgan fingerprint density at radius 1 is 0.605 bits per heavy atom. The number of hydrogen-bond donors (Lipinski definition) is 4. The maximum Gasteiger partial charge on any atom is 0.444 e. The Morgan fingerprint density at radius 2 is 1.05 bits per heavy atom. The number of benzene rings is 2. The minimum atomic E-state index is -1.02. The van der Waals surface area contributed by atoms with Gasteiger partial charge in [0, 0.05) is 23.8 Å². The number of anilines is 4. The van der Waals surface area contributed by atoms with Gasteiger partial charge in [-0.2, -0.15) is 0 Å². The number of aromatic carboxylic acids is 2. The highest BCUT2D eigenvalue weighted by molar-refractivity contribution is 5.88. The largest absolute Gasteiger partial charge is 0.478 e. The summed E-state index contributed by atoms with van der Waals surface area (Å²) in [7, 11) is 0. The van der Waals surface area contributed by atoms with Crippen LogP contribution in [0.5, 0.6) is 0 Å². The van der Waals surface area contributed by atoms with Gasteiger partial charge < -0.3 is 20.8 Å². The summed E-state index contributed by atoms with van der Waals surface area (Å²) in [6.45, 7) is 0. The maximum atomic E-state index is 11.2. The molecule has 5 rings (SSSR count). The topological polar surface area (TPSA) is 154 Å². The van der Waals surface area contributed by atoms with Gasteiger partial charge in [0.15, 0.2) is 0 Å². The lowest BCUT2D eigenvalue weighted by Gasteiger charge is -2.07. The summed E-state index contributed by atoms with van der Waals surface area (Å²) >= 11 is 0. The van der Waals surface area contributed by atoms with Gasteiger partial charge >= 0.3 is 29.8 Å². The summed E-state index contributed by atoms with van der Waals surface area (Å²) in [6.07, 6.45) is 7.10. The molecule has 0 spiro atoms. The Hall–Kier alpha value is -5.71. The van der Waals surface area contributed by atoms with Crippen molar-refractivity contribution in [3.8, 4) is 17.1 Å². The van der Waals surface area contributed by atoms with Crippen molar-refractivity contribution in [3.63, 3.8) is 0 Å². The summed E-state index contributed by atoms with van der Waals surface area (Å²) in [5, 5.41) is 24.4. The van der Waals surface area contributed by atoms with Crippen LogP contribution < -0.4 is 15.2 Å². The maximum absolute atomic E-state index is 11.2. The van der Waals surface area contributed by atoms with E-state index in [0.717, 1.165) is 11.1 Å². The molecule has 38 heavy (non-hydrogen) atoms. The van der Waals surface area contributed by atoms with Crippen LogP contribution >= 0.6 is 0 Å². The zero-order valence-corrected chi connectivity index (χ0v) is 19.7. The first-order valence-corrected chi connectivity index (χ1v) is 11.3. The van der Waals surface area contributed by atoms with Gasteiger partial charge in [0.1, 0.15) is 0 Å². The van der Waals surface area contributed by atoms with Gasteiger partial charge in [-0.05, 0) is 93.9 Å². The zero-order chi connectivity index (χ0) is 26.5. The predicted molar refractivity (Wildman–Crippen MR) is 138 cm³/mol. The molecule has 11 heteroatoms. The molecule has 0 aliphatic carbocycles. The first-order valence-electron chi connectivity index (χ1n) is 11.3. The molecular formula is C27H20N7O4+. The van der Waals surface area contributed by atoms with Crippen molar-refractivity contribution in [3.05, 3.63) is 109 Å². The molecule has 0 amide bonds. The van der Waals surface area contributed by atoms with E-state index < -0.39 is 11.9 Å². The smallest absolute Gasteiger partial charge is 0.444 e. The molecule has 0 aliphatic heterocycles. The van der Waals surface area contributed by atoms with Crippen LogP contribution in [0.2, 0.25) is 0 Å². The van der Waals surface area contributed by atoms with E-state index >= 15 is 0 Å². The van der Waals surface area contributed by atoms with Gasteiger partial charge in [0.2, 0.25) is 0 Å². The zero-order valence-electron chi connectivity index (χ0n) is 19.7. The van der Waals surface area contributed by atoms with Gasteiger partial charge in [-0.1, -0.05) is 0 Å². The summed E-state index contributed by atoms with van der Waals surface area (Å²) < 4.78 is 1.73. The molecular weight excluding hydrogens is 486 g/mol. The molecule has 4 N–H and O–H groups in total. The molecule has 0 aliphatic rings. The molecule has 3 heterocycles. The standard InChI is InChI=1S/C27H19N7O4/c35-23(36)19-1-5-21(6-2-19)29-25-31-26(30-22-7-3-20(4-8-22)24(37)38)33-27(32-25)34-15-11-18(12-16-34)17-9-13-28-14-10-17/h1-16H,(H3-,29,30,31,32,33,35,36,37,38)/p+1. The van der Waals surface area contributed by atoms with Crippen molar-refractivity contribution in [2.75, 3.05) is 10.6 Å². The van der Waals surface area contributed by atoms with Crippen LogP contribution in [0.15, 0.2) is 97.6 Å². The van der Waals surface area contributed by atoms with Crippen molar-refractivity contribution >= 4 is 35.2 Å². The third kappa shape index (κ3) is 5.57. The molecule has 0 saturated carbocycles. The van der Waals surface area contributed by atoms with Crippen LogP contribution in [-0.2, 0) is 0 Å². The van der Waals surface area contributed by atoms with Crippen molar-refractivity contribution in [1.82, 2.24) is 19.9 Å². The minimum absolute atomic E-state index is 0.156. The van der Waals surface area contributed by atoms with Gasteiger partial charge in [0.05, 0.1) is 23.5 Å². The lowest BCUT2D eigenvalue weighted by Crippen LogP contribution is -2.33. The highest BCUT2D eigenvalue weighted by Crippen LogP contribution is 2.20. The summed E-state index contributed by atoms with van der Waals surface area (Å²) in [5.41, 5.74) is 3.49. The van der Waals surface area contributed by atoms with Crippen molar-refractivity contribution in [1.29, 1.82) is 0 Å². The number of carboxylic acid groups (broad SMARTS) is 2. The second kappa shape index (κ2) is 10.5. The quantitative estimate of drug-likeness (QED) is 0.226. The van der Waals surface area contributed by atoms with Gasteiger partial charge in [-0.25, -0.2) is 14.2 Å². The van der Waals surface area contributed by atoms with Crippen LogP contribution in [0.1, 0.15) is 20.7 Å². The van der Waals surface area contributed by atoms with Gasteiger partial charge in [-0.3, -0.25) is 4.98 Å². The molecule has 0 atom stereocenters. The number of aromatic nitrogens is 5. The van der Waals surface area contributed by atoms with E-state index in [2.05, 4.69) is 30.6 Å². The number of nitrogens with one attached hydrogen (secondary N) is 2. The van der Waals surface area contributed by atoms with E-state index in [9.17, 15) is 9.59 Å². The van der Waals surface area contributed by atoms with Crippen LogP contribution in [0.25, 0.3) is 17.1 Å². The number of pyridine rings is 2. The van der Waals surface area contributed by atoms with Crippen LogP contribution in [0.4, 0.5) is 23.3 Å². The van der Waals surface area contributed by atoms with Crippen molar-refractivity contribution < 1.29 is 24.4 Å². The van der Waals surface area contributed by atoms with E-state index in [0.29, 0.717) is 17.3 Å². The highest BCUT2D eigenvalue weighted by Gasteiger charge is 2.19. The summed E-state index contributed by atoms with van der Waals surface area (Å²) in [4.78, 5) is 39.9. The molecule has 0 bridgehead atoms. The Bertz CT molecular complexity index is 1510. The number of rotatable bonds is 8. The molecule has 0 saturated heterocycles. The van der Waals surface area contributed by atoms with Crippen molar-refractivity contribution in [2.45, 2.75) is 0 Å². The third-order valence-corrected chi connectivity index (χ3v) is 5.47. The Labute approximate surface area is 216 Å². The molecule has 2 aromatic carbocycles. The highest BCUT2D eigenvalue weighted by atomic mass is 16.4. The van der Waals surface area contributed by atoms with Gasteiger partial charge in [0.25, 0.3) is 0 Å². The molecule has 0 fully saturated rings. The number of nitrogens with zero attached hydrogens (tertiary/aromatic N) is 5. The number of carbonyl (C=O) groups is 2. The van der Waals surface area contributed by atoms with E-state index in [1.165, 1.54) is 24.3 Å². The molecule has 5 aromatic rings. The minimum Gasteiger partial charge on any atom is -0.478 e. The van der Waals surface area contributed by atoms with E-state index in [1.54, 1.807) is 41.2 Å². The van der Waals surface area contributed by atoms with Crippen molar-refractivity contribution in [2.24, 2.45) is 0 Å². The third-order valence-electron chi connectivity index (χ3n) is 5.47. The first kappa shape index (κ1) is 24.0. The second-order valence-corrected chi connectivity index (χ2v) is 8.03. The molecule has 0 unspecified atom stereocenters. The fourth-order valence-corrected chi connectivity index (χ4v) is 3.54. The fraction of sp³-hybridized carbons (Fsp3) is 0. The Morgan fingerprint density at radius 3 is 1.50 bits per heavy atom. The first-order chi connectivity index (χ1) is 18.4. The normalized spacial score (nSPS) is 10.5. The summed E-state index contributed by atoms with van der Waals surface area (Å²) in [6, 6.07) is 20.0. The lowest BCUT2D eigenvalue weighted by molar-refractivity contribution is -0.603. The van der Waals surface area contributed by atoms with E-state index in [-0.39, 0.29) is 23.0 Å². The van der Waals surface area contributed by atoms with E-state index in [4.69, 9.17) is 10.2 Å². The van der Waals surface area contributed by atoms with E-state index in [1.807, 2.05) is 36.7 Å². The molecule has 3 aromatic heterocycles. The predicted octanol–water partition coefficient (Wildman–Crippen LogP) is 4.09. The van der Waals surface area contributed by atoms with Crippen LogP contribution in [0.3, 0.4) is 0 Å². The monoisotopic (exact) mass is 506 g/mol. The molecule has 186 valence electrons. The fourth-order valence-electron chi connectivity index (χ4n) is 3.54. The molecule has 11 nitrogen and oxygen atoms in total. The Kier molecular flexibility index (Phi) is 6.63. The number of hydrogen-bond acceptors (Lipinski definition) is 8. The lowest BCUT2D eigenvalue weighted by atomic mass is 10.1. The average Bonchev–Trinajstić information content (AvgIpc) is 2.94. The second-order valence-electron chi connectivity index (χ2n) is 8.03. The van der Waals surface area contributed by atoms with Crippen LogP contribution in [-0.4, -0.2) is 42.1 Å². The Balaban J connectivity index is 1.48. The number of carboxylic acids is 2. The van der Waals surface area contributed by atoms with Gasteiger partial charge in [-0.15, -0.1) is 4.98 Å².